The Morgan fingerprint density at radius 1 is 1.07 bits per heavy atom. The lowest BCUT2D eigenvalue weighted by molar-refractivity contribution is 0.102. The number of hydrogen-bond donors (Lipinski definition) is 1. The molecule has 4 rings (SSSR count). The third kappa shape index (κ3) is 4.00. The summed E-state index contributed by atoms with van der Waals surface area (Å²) in [4.78, 5) is 21.7. The third-order valence-electron chi connectivity index (χ3n) is 4.73. The van der Waals surface area contributed by atoms with E-state index in [1.807, 2.05) is 62.7 Å². The predicted molar refractivity (Wildman–Crippen MR) is 116 cm³/mol. The van der Waals surface area contributed by atoms with Gasteiger partial charge in [0, 0.05) is 17.5 Å². The Bertz CT molecular complexity index is 1190. The van der Waals surface area contributed by atoms with Crippen LogP contribution in [0.25, 0.3) is 11.0 Å². The molecule has 0 bridgehead atoms. The van der Waals surface area contributed by atoms with Crippen LogP contribution in [0.1, 0.15) is 41.5 Å². The fourth-order valence-electron chi connectivity index (χ4n) is 3.11. The molecule has 0 radical (unpaired) electrons. The van der Waals surface area contributed by atoms with Gasteiger partial charge in [0.1, 0.15) is 5.75 Å². The first-order chi connectivity index (χ1) is 14.4. The molecule has 3 aromatic heterocycles. The largest absolute Gasteiger partial charge is 0.439 e. The molecule has 7 heteroatoms. The minimum atomic E-state index is -0.242. The number of nitrogens with one attached hydrogen (secondary N) is 1. The van der Waals surface area contributed by atoms with Crippen molar-refractivity contribution in [2.75, 3.05) is 5.32 Å². The number of nitrogens with zero attached hydrogens (tertiary/aromatic N) is 4. The van der Waals surface area contributed by atoms with E-state index in [2.05, 4.69) is 20.4 Å². The first-order valence-electron chi connectivity index (χ1n) is 9.77. The highest BCUT2D eigenvalue weighted by Gasteiger charge is 2.15. The number of anilines is 1. The van der Waals surface area contributed by atoms with Crippen LogP contribution >= 0.6 is 0 Å². The minimum absolute atomic E-state index is 0.195. The van der Waals surface area contributed by atoms with Crippen LogP contribution < -0.4 is 10.1 Å². The fraction of sp³-hybridized carbons (Fsp3) is 0.217. The van der Waals surface area contributed by atoms with Gasteiger partial charge in [0.2, 0.25) is 5.88 Å². The number of aromatic nitrogens is 4. The zero-order chi connectivity index (χ0) is 21.3. The van der Waals surface area contributed by atoms with Gasteiger partial charge in [-0.2, -0.15) is 5.10 Å². The summed E-state index contributed by atoms with van der Waals surface area (Å²) in [5, 5.41) is 8.07. The van der Waals surface area contributed by atoms with Crippen molar-refractivity contribution in [1.82, 2.24) is 19.7 Å². The van der Waals surface area contributed by atoms with Gasteiger partial charge >= 0.3 is 0 Å². The lowest BCUT2D eigenvalue weighted by Gasteiger charge is -2.10. The van der Waals surface area contributed by atoms with Crippen LogP contribution in [0, 0.1) is 13.8 Å². The van der Waals surface area contributed by atoms with Crippen LogP contribution in [0.3, 0.4) is 0 Å². The highest BCUT2D eigenvalue weighted by Crippen LogP contribution is 2.22. The van der Waals surface area contributed by atoms with Crippen molar-refractivity contribution in [1.29, 1.82) is 0 Å². The first-order valence-corrected chi connectivity index (χ1v) is 9.77. The summed E-state index contributed by atoms with van der Waals surface area (Å²) >= 11 is 0. The van der Waals surface area contributed by atoms with Crippen LogP contribution in [0.2, 0.25) is 0 Å². The average Bonchev–Trinajstić information content (AvgIpc) is 3.13. The second kappa shape index (κ2) is 7.94. The summed E-state index contributed by atoms with van der Waals surface area (Å²) in [7, 11) is 0. The minimum Gasteiger partial charge on any atom is -0.439 e. The number of pyridine rings is 2. The molecule has 0 aliphatic carbocycles. The lowest BCUT2D eigenvalue weighted by Crippen LogP contribution is -2.14. The van der Waals surface area contributed by atoms with E-state index in [1.54, 1.807) is 24.5 Å². The summed E-state index contributed by atoms with van der Waals surface area (Å²) in [6.07, 6.45) is 3.30. The second-order valence-corrected chi connectivity index (χ2v) is 7.47. The lowest BCUT2D eigenvalue weighted by atomic mass is 10.1. The van der Waals surface area contributed by atoms with Crippen molar-refractivity contribution >= 4 is 22.6 Å². The topological polar surface area (TPSA) is 81.9 Å². The van der Waals surface area contributed by atoms with Crippen molar-refractivity contribution < 1.29 is 9.53 Å². The van der Waals surface area contributed by atoms with Gasteiger partial charge in [-0.1, -0.05) is 17.7 Å². The number of carbonyl (C=O) groups is 1. The molecule has 0 fully saturated rings. The van der Waals surface area contributed by atoms with Crippen molar-refractivity contribution in [3.05, 3.63) is 71.7 Å². The van der Waals surface area contributed by atoms with Gasteiger partial charge in [-0.25, -0.2) is 14.6 Å². The molecule has 1 N–H and O–H groups in total. The number of fused-ring (bicyclic) bond motifs is 1. The smallest absolute Gasteiger partial charge is 0.257 e. The van der Waals surface area contributed by atoms with Crippen LogP contribution in [-0.4, -0.2) is 25.7 Å². The summed E-state index contributed by atoms with van der Waals surface area (Å²) in [6, 6.07) is 13.2. The van der Waals surface area contributed by atoms with Crippen molar-refractivity contribution in [2.24, 2.45) is 0 Å². The Kier molecular flexibility index (Phi) is 5.18. The van der Waals surface area contributed by atoms with Gasteiger partial charge in [-0.05, 0) is 52.0 Å². The Balaban J connectivity index is 1.49. The molecule has 0 aliphatic rings. The Hall–Kier alpha value is -3.74. The molecule has 0 unspecified atom stereocenters. The summed E-state index contributed by atoms with van der Waals surface area (Å²) in [5.41, 5.74) is 3.67. The van der Waals surface area contributed by atoms with E-state index in [4.69, 9.17) is 4.74 Å². The van der Waals surface area contributed by atoms with Crippen molar-refractivity contribution in [3.8, 4) is 11.6 Å². The Morgan fingerprint density at radius 3 is 2.50 bits per heavy atom. The number of ether oxygens (including phenoxy) is 1. The van der Waals surface area contributed by atoms with Crippen LogP contribution in [-0.2, 0) is 0 Å². The second-order valence-electron chi connectivity index (χ2n) is 7.47. The molecule has 0 atom stereocenters. The molecule has 3 heterocycles. The quantitative estimate of drug-likeness (QED) is 0.505. The van der Waals surface area contributed by atoms with Crippen LogP contribution in [0.5, 0.6) is 11.6 Å². The fourth-order valence-corrected chi connectivity index (χ4v) is 3.11. The van der Waals surface area contributed by atoms with Gasteiger partial charge in [0.05, 0.1) is 29.3 Å². The SMILES string of the molecule is Cc1ccc(Oc2ccc(NC(=O)c3cc4cnn(C(C)C)c4nc3C)cn2)cc1. The number of amides is 1. The molecule has 7 nitrogen and oxygen atoms in total. The predicted octanol–water partition coefficient (Wildman–Crippen LogP) is 5.07. The zero-order valence-corrected chi connectivity index (χ0v) is 17.4. The van der Waals surface area contributed by atoms with Crippen molar-refractivity contribution in [3.63, 3.8) is 0 Å². The van der Waals surface area contributed by atoms with E-state index in [9.17, 15) is 4.79 Å². The van der Waals surface area contributed by atoms with E-state index in [0.717, 1.165) is 16.6 Å². The standard InChI is InChI=1S/C23H23N5O2/c1-14(2)28-22-17(12-25-28)11-20(16(4)26-22)23(29)27-18-7-10-21(24-13-18)30-19-8-5-15(3)6-9-19/h5-14H,1-4H3,(H,27,29). The van der Waals surface area contributed by atoms with E-state index in [1.165, 1.54) is 0 Å². The van der Waals surface area contributed by atoms with Gasteiger partial charge in [-0.15, -0.1) is 0 Å². The van der Waals surface area contributed by atoms with Crippen LogP contribution in [0.15, 0.2) is 54.9 Å². The van der Waals surface area contributed by atoms with E-state index < -0.39 is 0 Å². The maximum absolute atomic E-state index is 12.8. The molecule has 1 amide bonds. The average molecular weight is 401 g/mol. The Morgan fingerprint density at radius 2 is 1.83 bits per heavy atom. The highest BCUT2D eigenvalue weighted by atomic mass is 16.5. The number of benzene rings is 1. The molecule has 0 aliphatic heterocycles. The molecule has 1 aromatic carbocycles. The zero-order valence-electron chi connectivity index (χ0n) is 17.4. The summed E-state index contributed by atoms with van der Waals surface area (Å²) in [6.45, 7) is 7.93. The number of rotatable bonds is 5. The van der Waals surface area contributed by atoms with Gasteiger partial charge in [0.25, 0.3) is 5.91 Å². The van der Waals surface area contributed by atoms with Crippen LogP contribution in [0.4, 0.5) is 5.69 Å². The van der Waals surface area contributed by atoms with E-state index in [0.29, 0.717) is 28.6 Å². The molecule has 0 saturated heterocycles. The van der Waals surface area contributed by atoms with Gasteiger partial charge in [-0.3, -0.25) is 4.79 Å². The monoisotopic (exact) mass is 401 g/mol. The molecule has 0 spiro atoms. The molecule has 4 aromatic rings. The highest BCUT2D eigenvalue weighted by molar-refractivity contribution is 6.06. The van der Waals surface area contributed by atoms with Crippen molar-refractivity contribution in [2.45, 2.75) is 33.7 Å². The number of hydrogen-bond acceptors (Lipinski definition) is 5. The summed E-state index contributed by atoms with van der Waals surface area (Å²) < 4.78 is 7.57. The molecule has 0 saturated carbocycles. The maximum Gasteiger partial charge on any atom is 0.257 e. The molecular weight excluding hydrogens is 378 g/mol. The first kappa shape index (κ1) is 19.6. The van der Waals surface area contributed by atoms with Gasteiger partial charge < -0.3 is 10.1 Å². The third-order valence-corrected chi connectivity index (χ3v) is 4.73. The molecule has 30 heavy (non-hydrogen) atoms. The van der Waals surface area contributed by atoms with E-state index in [-0.39, 0.29) is 11.9 Å². The van der Waals surface area contributed by atoms with Gasteiger partial charge in [0.15, 0.2) is 5.65 Å². The number of carbonyl (C=O) groups excluding carboxylic acids is 1. The molecule has 152 valence electrons. The maximum atomic E-state index is 12.8. The normalized spacial score (nSPS) is 11.1. The van der Waals surface area contributed by atoms with E-state index >= 15 is 0 Å². The number of aryl methyl sites for hydroxylation is 2. The summed E-state index contributed by atoms with van der Waals surface area (Å²) in [5.74, 6) is 0.923. The Labute approximate surface area is 174 Å². The molecular formula is C23H23N5O2.